The van der Waals surface area contributed by atoms with Crippen molar-refractivity contribution in [3.63, 3.8) is 0 Å². The molecule has 0 atom stereocenters. The zero-order valence-electron chi connectivity index (χ0n) is 12.3. The van der Waals surface area contributed by atoms with Gasteiger partial charge in [-0.3, -0.25) is 4.79 Å². The van der Waals surface area contributed by atoms with Gasteiger partial charge in [0.2, 0.25) is 0 Å². The van der Waals surface area contributed by atoms with E-state index in [4.69, 9.17) is 11.6 Å². The van der Waals surface area contributed by atoms with E-state index in [-0.39, 0.29) is 5.91 Å². The Kier molecular flexibility index (Phi) is 4.98. The lowest BCUT2D eigenvalue weighted by Gasteiger charge is -2.07. The minimum absolute atomic E-state index is 0.163. The molecular formula is C17H15BrClN3O. The summed E-state index contributed by atoms with van der Waals surface area (Å²) in [6.07, 6.45) is 5.46. The van der Waals surface area contributed by atoms with Crippen LogP contribution in [0.15, 0.2) is 53.3 Å². The van der Waals surface area contributed by atoms with Gasteiger partial charge >= 0.3 is 0 Å². The number of aryl methyl sites for hydroxylation is 1. The summed E-state index contributed by atoms with van der Waals surface area (Å²) in [7, 11) is 0. The van der Waals surface area contributed by atoms with Crippen molar-refractivity contribution < 1.29 is 4.79 Å². The van der Waals surface area contributed by atoms with Crippen molar-refractivity contribution in [2.75, 3.05) is 6.54 Å². The third kappa shape index (κ3) is 3.74. The molecule has 1 amide bonds. The number of nitrogens with one attached hydrogen (secondary N) is 1. The fourth-order valence-corrected chi connectivity index (χ4v) is 2.96. The Morgan fingerprint density at radius 1 is 1.30 bits per heavy atom. The second-order valence-electron chi connectivity index (χ2n) is 5.15. The summed E-state index contributed by atoms with van der Waals surface area (Å²) in [6.45, 7) is 0.573. The SMILES string of the molecule is O=C(NCCCc1ncc2ccccn12)c1cc(Br)ccc1Cl. The summed E-state index contributed by atoms with van der Waals surface area (Å²) in [6, 6.07) is 11.2. The molecule has 1 N–H and O–H groups in total. The molecule has 0 aliphatic carbocycles. The molecular weight excluding hydrogens is 378 g/mol. The number of pyridine rings is 1. The van der Waals surface area contributed by atoms with Crippen LogP contribution in [-0.4, -0.2) is 21.8 Å². The molecule has 23 heavy (non-hydrogen) atoms. The van der Waals surface area contributed by atoms with E-state index in [0.717, 1.165) is 28.7 Å². The predicted molar refractivity (Wildman–Crippen MR) is 95.0 cm³/mol. The standard InChI is InChI=1S/C17H15BrClN3O/c18-12-6-7-15(19)14(10-12)17(23)20-8-3-5-16-21-11-13-4-1-2-9-22(13)16/h1-2,4,6-7,9-11H,3,5,8H2,(H,20,23). The Morgan fingerprint density at radius 3 is 3.04 bits per heavy atom. The highest BCUT2D eigenvalue weighted by Gasteiger charge is 2.10. The number of hydrogen-bond acceptors (Lipinski definition) is 2. The van der Waals surface area contributed by atoms with Gasteiger partial charge in [0.15, 0.2) is 0 Å². The average Bonchev–Trinajstić information content (AvgIpc) is 2.97. The maximum absolute atomic E-state index is 12.2. The summed E-state index contributed by atoms with van der Waals surface area (Å²) in [4.78, 5) is 16.6. The quantitative estimate of drug-likeness (QED) is 0.664. The number of halogens is 2. The van der Waals surface area contributed by atoms with Gasteiger partial charge in [-0.1, -0.05) is 33.6 Å². The lowest BCUT2D eigenvalue weighted by atomic mass is 10.2. The normalized spacial score (nSPS) is 10.9. The summed E-state index contributed by atoms with van der Waals surface area (Å²) in [5, 5.41) is 3.35. The molecule has 0 bridgehead atoms. The Morgan fingerprint density at radius 2 is 2.17 bits per heavy atom. The largest absolute Gasteiger partial charge is 0.352 e. The number of nitrogens with zero attached hydrogens (tertiary/aromatic N) is 2. The van der Waals surface area contributed by atoms with Crippen molar-refractivity contribution in [3.8, 4) is 0 Å². The van der Waals surface area contributed by atoms with E-state index < -0.39 is 0 Å². The van der Waals surface area contributed by atoms with E-state index in [9.17, 15) is 4.79 Å². The van der Waals surface area contributed by atoms with E-state index in [1.807, 2.05) is 36.7 Å². The number of amides is 1. The summed E-state index contributed by atoms with van der Waals surface area (Å²) >= 11 is 9.40. The molecule has 0 saturated heterocycles. The Bertz CT molecular complexity index is 847. The first kappa shape index (κ1) is 16.0. The molecule has 2 aromatic heterocycles. The van der Waals surface area contributed by atoms with E-state index in [0.29, 0.717) is 17.1 Å². The molecule has 0 spiro atoms. The van der Waals surface area contributed by atoms with Crippen LogP contribution < -0.4 is 5.32 Å². The summed E-state index contributed by atoms with van der Waals surface area (Å²) in [5.41, 5.74) is 1.56. The highest BCUT2D eigenvalue weighted by molar-refractivity contribution is 9.10. The second-order valence-corrected chi connectivity index (χ2v) is 6.48. The topological polar surface area (TPSA) is 46.4 Å². The number of benzene rings is 1. The van der Waals surface area contributed by atoms with Gasteiger partial charge in [0, 0.05) is 23.6 Å². The van der Waals surface area contributed by atoms with Crippen LogP contribution in [0.4, 0.5) is 0 Å². The van der Waals surface area contributed by atoms with Crippen LogP contribution in [0.3, 0.4) is 0 Å². The minimum Gasteiger partial charge on any atom is -0.352 e. The molecule has 0 fully saturated rings. The van der Waals surface area contributed by atoms with E-state index >= 15 is 0 Å². The molecule has 0 aliphatic rings. The molecule has 118 valence electrons. The molecule has 0 unspecified atom stereocenters. The Hall–Kier alpha value is -1.85. The maximum Gasteiger partial charge on any atom is 0.252 e. The third-order valence-electron chi connectivity index (χ3n) is 3.55. The molecule has 0 radical (unpaired) electrons. The van der Waals surface area contributed by atoms with Crippen LogP contribution in [0.2, 0.25) is 5.02 Å². The van der Waals surface area contributed by atoms with E-state index in [1.54, 1.807) is 12.1 Å². The zero-order valence-corrected chi connectivity index (χ0v) is 14.6. The first-order valence-electron chi connectivity index (χ1n) is 7.29. The highest BCUT2D eigenvalue weighted by atomic mass is 79.9. The second kappa shape index (κ2) is 7.15. The van der Waals surface area contributed by atoms with Gasteiger partial charge in [0.05, 0.1) is 22.3 Å². The average molecular weight is 393 g/mol. The van der Waals surface area contributed by atoms with Crippen molar-refractivity contribution in [3.05, 3.63) is 69.7 Å². The van der Waals surface area contributed by atoms with E-state index in [2.05, 4.69) is 30.6 Å². The van der Waals surface area contributed by atoms with Crippen molar-refractivity contribution in [2.45, 2.75) is 12.8 Å². The number of hydrogen-bond donors (Lipinski definition) is 1. The molecule has 6 heteroatoms. The van der Waals surface area contributed by atoms with Gasteiger partial charge in [-0.15, -0.1) is 0 Å². The van der Waals surface area contributed by atoms with Gasteiger partial charge in [-0.25, -0.2) is 4.98 Å². The van der Waals surface area contributed by atoms with Gasteiger partial charge in [0.1, 0.15) is 5.82 Å². The Balaban J connectivity index is 1.55. The molecule has 1 aromatic carbocycles. The smallest absolute Gasteiger partial charge is 0.252 e. The molecule has 3 rings (SSSR count). The van der Waals surface area contributed by atoms with Crippen molar-refractivity contribution >= 4 is 39.0 Å². The van der Waals surface area contributed by atoms with Crippen molar-refractivity contribution in [2.24, 2.45) is 0 Å². The molecule has 4 nitrogen and oxygen atoms in total. The van der Waals surface area contributed by atoms with E-state index in [1.165, 1.54) is 0 Å². The zero-order chi connectivity index (χ0) is 16.2. The molecule has 0 saturated carbocycles. The van der Waals surface area contributed by atoms with Crippen LogP contribution in [-0.2, 0) is 6.42 Å². The summed E-state index contributed by atoms with van der Waals surface area (Å²) < 4.78 is 2.89. The molecule has 2 heterocycles. The minimum atomic E-state index is -0.163. The van der Waals surface area contributed by atoms with Crippen molar-refractivity contribution in [1.82, 2.24) is 14.7 Å². The van der Waals surface area contributed by atoms with Crippen LogP contribution in [0, 0.1) is 0 Å². The lowest BCUT2D eigenvalue weighted by Crippen LogP contribution is -2.25. The number of rotatable bonds is 5. The predicted octanol–water partition coefficient (Wildman–Crippen LogP) is 4.11. The lowest BCUT2D eigenvalue weighted by molar-refractivity contribution is 0.0953. The fraction of sp³-hybridized carbons (Fsp3) is 0.176. The molecule has 3 aromatic rings. The number of fused-ring (bicyclic) bond motifs is 1. The fourth-order valence-electron chi connectivity index (χ4n) is 2.40. The molecule has 0 aliphatic heterocycles. The van der Waals surface area contributed by atoms with Crippen LogP contribution >= 0.6 is 27.5 Å². The van der Waals surface area contributed by atoms with Crippen molar-refractivity contribution in [1.29, 1.82) is 0 Å². The number of carbonyl (C=O) groups is 1. The number of aromatic nitrogens is 2. The monoisotopic (exact) mass is 391 g/mol. The van der Waals surface area contributed by atoms with Gasteiger partial charge in [-0.2, -0.15) is 0 Å². The van der Waals surface area contributed by atoms with Crippen LogP contribution in [0.25, 0.3) is 5.52 Å². The first-order chi connectivity index (χ1) is 11.1. The van der Waals surface area contributed by atoms with Gasteiger partial charge < -0.3 is 9.72 Å². The van der Waals surface area contributed by atoms with Gasteiger partial charge in [0.25, 0.3) is 5.91 Å². The Labute approximate surface area is 147 Å². The summed E-state index contributed by atoms with van der Waals surface area (Å²) in [5.74, 6) is 0.833. The number of imidazole rings is 1. The highest BCUT2D eigenvalue weighted by Crippen LogP contribution is 2.20. The van der Waals surface area contributed by atoms with Gasteiger partial charge in [-0.05, 0) is 36.8 Å². The first-order valence-corrected chi connectivity index (χ1v) is 8.46. The van der Waals surface area contributed by atoms with Crippen LogP contribution in [0.1, 0.15) is 22.6 Å². The third-order valence-corrected chi connectivity index (χ3v) is 4.37. The maximum atomic E-state index is 12.2. The van der Waals surface area contributed by atoms with Crippen LogP contribution in [0.5, 0.6) is 0 Å². The number of carbonyl (C=O) groups excluding carboxylic acids is 1.